The van der Waals surface area contributed by atoms with Crippen molar-refractivity contribution in [3.63, 3.8) is 0 Å². The molecule has 1 atom stereocenters. The van der Waals surface area contributed by atoms with Crippen LogP contribution in [0, 0.1) is 5.92 Å². The minimum Gasteiger partial charge on any atom is -0.330 e. The van der Waals surface area contributed by atoms with Crippen LogP contribution in [-0.2, 0) is 25.6 Å². The molecule has 0 bridgehead atoms. The van der Waals surface area contributed by atoms with Crippen LogP contribution < -0.4 is 10.2 Å². The Morgan fingerprint density at radius 1 is 1.03 bits per heavy atom. The van der Waals surface area contributed by atoms with Crippen molar-refractivity contribution in [3.8, 4) is 0 Å². The number of hydrogen-bond acceptors (Lipinski definition) is 4. The first-order valence-corrected chi connectivity index (χ1v) is 10.5. The molecule has 2 aliphatic rings. The Kier molecular flexibility index (Phi) is 5.84. The minimum atomic E-state index is -0.778. The number of hydrogen-bond donors (Lipinski definition) is 1. The summed E-state index contributed by atoms with van der Waals surface area (Å²) in [4.78, 5) is 52.9. The van der Waals surface area contributed by atoms with E-state index in [4.69, 9.17) is 0 Å². The molecular weight excluding hydrogens is 394 g/mol. The third kappa shape index (κ3) is 4.66. The molecule has 1 saturated heterocycles. The third-order valence-corrected chi connectivity index (χ3v) is 5.64. The lowest BCUT2D eigenvalue weighted by molar-refractivity contribution is -0.139. The van der Waals surface area contributed by atoms with Gasteiger partial charge in [-0.05, 0) is 49.1 Å². The van der Waals surface area contributed by atoms with E-state index in [1.165, 1.54) is 6.92 Å². The SMILES string of the molecule is CC(=O)Nc1ccc(N2C(=O)CC(N(CCc3ccccc3)C(=O)C3CC3)C2=O)cc1. The van der Waals surface area contributed by atoms with Gasteiger partial charge in [0.05, 0.1) is 12.1 Å². The van der Waals surface area contributed by atoms with Crippen LogP contribution in [0.3, 0.4) is 0 Å². The molecule has 160 valence electrons. The molecule has 0 radical (unpaired) electrons. The molecule has 31 heavy (non-hydrogen) atoms. The Labute approximate surface area is 181 Å². The van der Waals surface area contributed by atoms with Crippen molar-refractivity contribution in [2.45, 2.75) is 38.6 Å². The number of rotatable bonds is 7. The maximum Gasteiger partial charge on any atom is 0.257 e. The Morgan fingerprint density at radius 3 is 2.32 bits per heavy atom. The zero-order valence-corrected chi connectivity index (χ0v) is 17.4. The van der Waals surface area contributed by atoms with Gasteiger partial charge in [-0.2, -0.15) is 0 Å². The van der Waals surface area contributed by atoms with Gasteiger partial charge in [0.15, 0.2) is 0 Å². The molecule has 2 fully saturated rings. The van der Waals surface area contributed by atoms with Crippen LogP contribution in [0.2, 0.25) is 0 Å². The van der Waals surface area contributed by atoms with Crippen LogP contribution >= 0.6 is 0 Å². The predicted molar refractivity (Wildman–Crippen MR) is 116 cm³/mol. The minimum absolute atomic E-state index is 0.0144. The molecule has 0 spiro atoms. The van der Waals surface area contributed by atoms with Crippen molar-refractivity contribution >= 4 is 35.0 Å². The van der Waals surface area contributed by atoms with Crippen molar-refractivity contribution in [1.29, 1.82) is 0 Å². The Hall–Kier alpha value is -3.48. The monoisotopic (exact) mass is 419 g/mol. The van der Waals surface area contributed by atoms with E-state index in [1.54, 1.807) is 29.2 Å². The molecule has 2 aromatic carbocycles. The van der Waals surface area contributed by atoms with Gasteiger partial charge in [0.2, 0.25) is 17.7 Å². The highest BCUT2D eigenvalue weighted by molar-refractivity contribution is 6.23. The highest BCUT2D eigenvalue weighted by Crippen LogP contribution is 2.34. The number of carbonyl (C=O) groups is 4. The Bertz CT molecular complexity index is 999. The van der Waals surface area contributed by atoms with Gasteiger partial charge in [-0.3, -0.25) is 19.2 Å². The highest BCUT2D eigenvalue weighted by atomic mass is 16.2. The van der Waals surface area contributed by atoms with Gasteiger partial charge < -0.3 is 10.2 Å². The molecule has 1 aliphatic carbocycles. The first kappa shape index (κ1) is 20.8. The summed E-state index contributed by atoms with van der Waals surface area (Å²) in [5.74, 6) is -0.974. The van der Waals surface area contributed by atoms with E-state index in [9.17, 15) is 19.2 Å². The quantitative estimate of drug-likeness (QED) is 0.699. The fourth-order valence-electron chi connectivity index (χ4n) is 3.91. The lowest BCUT2D eigenvalue weighted by atomic mass is 10.1. The smallest absolute Gasteiger partial charge is 0.257 e. The second kappa shape index (κ2) is 8.71. The first-order valence-electron chi connectivity index (χ1n) is 10.5. The average Bonchev–Trinajstić information content (AvgIpc) is 3.56. The number of benzene rings is 2. The standard InChI is InChI=1S/C24H25N3O4/c1-16(28)25-19-9-11-20(12-10-19)27-22(29)15-21(24(27)31)26(23(30)18-7-8-18)14-13-17-5-3-2-4-6-17/h2-6,9-12,18,21H,7-8,13-15H2,1H3,(H,25,28). The molecule has 0 aromatic heterocycles. The third-order valence-electron chi connectivity index (χ3n) is 5.64. The van der Waals surface area contributed by atoms with Crippen molar-refractivity contribution in [1.82, 2.24) is 4.90 Å². The van der Waals surface area contributed by atoms with E-state index < -0.39 is 6.04 Å². The molecular formula is C24H25N3O4. The maximum absolute atomic E-state index is 13.2. The van der Waals surface area contributed by atoms with Crippen molar-refractivity contribution in [2.24, 2.45) is 5.92 Å². The molecule has 4 rings (SSSR count). The summed E-state index contributed by atoms with van der Waals surface area (Å²) in [5, 5.41) is 2.66. The molecule has 7 heteroatoms. The fraction of sp³-hybridized carbons (Fsp3) is 0.333. The summed E-state index contributed by atoms with van der Waals surface area (Å²) in [6.07, 6.45) is 2.29. The van der Waals surface area contributed by atoms with Gasteiger partial charge in [-0.1, -0.05) is 30.3 Å². The Morgan fingerprint density at radius 2 is 1.71 bits per heavy atom. The molecule has 1 N–H and O–H groups in total. The van der Waals surface area contributed by atoms with Crippen molar-refractivity contribution < 1.29 is 19.2 Å². The van der Waals surface area contributed by atoms with E-state index in [0.717, 1.165) is 23.3 Å². The van der Waals surface area contributed by atoms with Gasteiger partial charge in [0.1, 0.15) is 6.04 Å². The number of imide groups is 1. The number of amides is 4. The molecule has 1 unspecified atom stereocenters. The maximum atomic E-state index is 13.2. The second-order valence-electron chi connectivity index (χ2n) is 8.06. The molecule has 1 heterocycles. The zero-order valence-electron chi connectivity index (χ0n) is 17.4. The van der Waals surface area contributed by atoms with Crippen LogP contribution in [0.15, 0.2) is 54.6 Å². The summed E-state index contributed by atoms with van der Waals surface area (Å²) < 4.78 is 0. The summed E-state index contributed by atoms with van der Waals surface area (Å²) in [6.45, 7) is 1.81. The lowest BCUT2D eigenvalue weighted by Gasteiger charge is -2.28. The molecule has 4 amide bonds. The molecule has 1 aliphatic heterocycles. The van der Waals surface area contributed by atoms with Crippen LogP contribution in [0.25, 0.3) is 0 Å². The summed E-state index contributed by atoms with van der Waals surface area (Å²) in [6, 6.07) is 15.6. The van der Waals surface area contributed by atoms with Crippen LogP contribution in [0.5, 0.6) is 0 Å². The summed E-state index contributed by atoms with van der Waals surface area (Å²) in [5.41, 5.74) is 2.10. The summed E-state index contributed by atoms with van der Waals surface area (Å²) in [7, 11) is 0. The predicted octanol–water partition coefficient (Wildman–Crippen LogP) is 2.76. The van der Waals surface area contributed by atoms with E-state index >= 15 is 0 Å². The van der Waals surface area contributed by atoms with Gasteiger partial charge in [0, 0.05) is 25.1 Å². The zero-order chi connectivity index (χ0) is 22.0. The van der Waals surface area contributed by atoms with Gasteiger partial charge in [-0.25, -0.2) is 4.90 Å². The second-order valence-corrected chi connectivity index (χ2v) is 8.06. The average molecular weight is 419 g/mol. The lowest BCUT2D eigenvalue weighted by Crippen LogP contribution is -2.47. The van der Waals surface area contributed by atoms with Gasteiger partial charge in [0.25, 0.3) is 5.91 Å². The Balaban J connectivity index is 1.52. The van der Waals surface area contributed by atoms with Crippen LogP contribution in [0.4, 0.5) is 11.4 Å². The van der Waals surface area contributed by atoms with E-state index in [1.807, 2.05) is 30.3 Å². The number of nitrogens with zero attached hydrogens (tertiary/aromatic N) is 2. The normalized spacial score (nSPS) is 18.2. The van der Waals surface area contributed by atoms with Gasteiger partial charge in [-0.15, -0.1) is 0 Å². The first-order chi connectivity index (χ1) is 14.9. The van der Waals surface area contributed by atoms with Gasteiger partial charge >= 0.3 is 0 Å². The molecule has 1 saturated carbocycles. The largest absolute Gasteiger partial charge is 0.330 e. The highest BCUT2D eigenvalue weighted by Gasteiger charge is 2.46. The van der Waals surface area contributed by atoms with Crippen LogP contribution in [0.1, 0.15) is 31.7 Å². The fourth-order valence-corrected chi connectivity index (χ4v) is 3.91. The summed E-state index contributed by atoms with van der Waals surface area (Å²) >= 11 is 0. The molecule has 2 aromatic rings. The van der Waals surface area contributed by atoms with E-state index in [2.05, 4.69) is 5.32 Å². The van der Waals surface area contributed by atoms with Crippen LogP contribution in [-0.4, -0.2) is 41.1 Å². The van der Waals surface area contributed by atoms with E-state index in [-0.39, 0.29) is 36.0 Å². The van der Waals surface area contributed by atoms with Crippen molar-refractivity contribution in [3.05, 3.63) is 60.2 Å². The van der Waals surface area contributed by atoms with Crippen molar-refractivity contribution in [2.75, 3.05) is 16.8 Å². The topological polar surface area (TPSA) is 86.8 Å². The van der Waals surface area contributed by atoms with E-state index in [0.29, 0.717) is 24.3 Å². The number of anilines is 2. The number of nitrogens with one attached hydrogen (secondary N) is 1. The molecule has 7 nitrogen and oxygen atoms in total. The number of carbonyl (C=O) groups excluding carboxylic acids is 4.